The van der Waals surface area contributed by atoms with Gasteiger partial charge in [0.15, 0.2) is 5.16 Å². The zero-order valence-electron chi connectivity index (χ0n) is 15.9. The minimum absolute atomic E-state index is 0.503. The maximum absolute atomic E-state index is 9.74. The molecule has 0 unspecified atom stereocenters. The van der Waals surface area contributed by atoms with Crippen LogP contribution < -0.4 is 5.32 Å². The second kappa shape index (κ2) is 9.70. The first-order valence-corrected chi connectivity index (χ1v) is 10.4. The van der Waals surface area contributed by atoms with Crippen molar-refractivity contribution < 1.29 is 4.74 Å². The minimum atomic E-state index is 0.503. The molecule has 6 nitrogen and oxygen atoms in total. The molecule has 2 heterocycles. The number of morpholine rings is 1. The summed E-state index contributed by atoms with van der Waals surface area (Å²) in [6.07, 6.45) is 2.94. The molecule has 7 heteroatoms. The molecule has 0 saturated carbocycles. The summed E-state index contributed by atoms with van der Waals surface area (Å²) in [4.78, 5) is 11.5. The van der Waals surface area contributed by atoms with Crippen molar-refractivity contribution in [1.82, 2.24) is 14.9 Å². The van der Waals surface area contributed by atoms with E-state index in [9.17, 15) is 5.26 Å². The van der Waals surface area contributed by atoms with Crippen molar-refractivity contribution in [2.24, 2.45) is 0 Å². The van der Waals surface area contributed by atoms with Crippen LogP contribution in [0.3, 0.4) is 0 Å². The van der Waals surface area contributed by atoms with Crippen LogP contribution in [0.25, 0.3) is 11.3 Å². The number of hydrogen-bond donors (Lipinski definition) is 1. The summed E-state index contributed by atoms with van der Waals surface area (Å²) in [6, 6.07) is 10.4. The zero-order valence-corrected chi connectivity index (χ0v) is 16.7. The highest BCUT2D eigenvalue weighted by atomic mass is 32.2. The van der Waals surface area contributed by atoms with Crippen LogP contribution in [0.5, 0.6) is 0 Å². The summed E-state index contributed by atoms with van der Waals surface area (Å²) in [5.74, 6) is 0.620. The monoisotopic (exact) mass is 383 g/mol. The Bertz CT molecular complexity index is 797. The lowest BCUT2D eigenvalue weighted by Crippen LogP contribution is -2.37. The fourth-order valence-corrected chi connectivity index (χ4v) is 3.39. The molecular formula is C20H25N5OS. The maximum Gasteiger partial charge on any atom is 0.189 e. The van der Waals surface area contributed by atoms with Gasteiger partial charge in [-0.05, 0) is 26.1 Å². The summed E-state index contributed by atoms with van der Waals surface area (Å²) in [5.41, 5.74) is 3.31. The number of aryl methyl sites for hydroxylation is 1. The van der Waals surface area contributed by atoms with Gasteiger partial charge in [-0.2, -0.15) is 5.26 Å². The lowest BCUT2D eigenvalue weighted by Gasteiger charge is -2.26. The molecule has 0 radical (unpaired) electrons. The molecule has 0 amide bonds. The molecule has 1 aromatic carbocycles. The van der Waals surface area contributed by atoms with Crippen LogP contribution in [0, 0.1) is 18.3 Å². The third kappa shape index (κ3) is 5.19. The number of rotatable bonds is 7. The Morgan fingerprint density at radius 3 is 2.63 bits per heavy atom. The predicted octanol–water partition coefficient (Wildman–Crippen LogP) is 3.18. The van der Waals surface area contributed by atoms with Gasteiger partial charge in [-0.15, -0.1) is 0 Å². The highest BCUT2D eigenvalue weighted by Crippen LogP contribution is 2.28. The van der Waals surface area contributed by atoms with Crippen LogP contribution in [0.1, 0.15) is 17.5 Å². The number of nitriles is 1. The summed E-state index contributed by atoms with van der Waals surface area (Å²) in [5, 5.41) is 13.8. The van der Waals surface area contributed by atoms with Crippen LogP contribution in [-0.4, -0.2) is 60.5 Å². The van der Waals surface area contributed by atoms with Crippen molar-refractivity contribution in [2.45, 2.75) is 18.5 Å². The van der Waals surface area contributed by atoms with Gasteiger partial charge in [0.2, 0.25) is 0 Å². The van der Waals surface area contributed by atoms with E-state index >= 15 is 0 Å². The van der Waals surface area contributed by atoms with Gasteiger partial charge in [0.25, 0.3) is 0 Å². The van der Waals surface area contributed by atoms with Gasteiger partial charge < -0.3 is 10.1 Å². The molecule has 1 aliphatic heterocycles. The molecule has 27 heavy (non-hydrogen) atoms. The second-order valence-corrected chi connectivity index (χ2v) is 7.27. The van der Waals surface area contributed by atoms with Gasteiger partial charge in [-0.25, -0.2) is 9.97 Å². The second-order valence-electron chi connectivity index (χ2n) is 6.49. The van der Waals surface area contributed by atoms with Gasteiger partial charge in [0, 0.05) is 25.2 Å². The van der Waals surface area contributed by atoms with Crippen molar-refractivity contribution in [1.29, 1.82) is 5.26 Å². The average molecular weight is 384 g/mol. The zero-order chi connectivity index (χ0) is 19.1. The summed E-state index contributed by atoms with van der Waals surface area (Å²) in [6.45, 7) is 7.44. The molecule has 1 aliphatic rings. The van der Waals surface area contributed by atoms with E-state index in [-0.39, 0.29) is 0 Å². The van der Waals surface area contributed by atoms with Crippen molar-refractivity contribution in [3.8, 4) is 17.3 Å². The van der Waals surface area contributed by atoms with Gasteiger partial charge in [0.1, 0.15) is 17.5 Å². The number of anilines is 1. The van der Waals surface area contributed by atoms with E-state index in [1.807, 2.05) is 37.4 Å². The van der Waals surface area contributed by atoms with E-state index in [0.29, 0.717) is 22.2 Å². The highest BCUT2D eigenvalue weighted by molar-refractivity contribution is 7.98. The number of ether oxygens (including phenoxy) is 1. The summed E-state index contributed by atoms with van der Waals surface area (Å²) < 4.78 is 5.38. The minimum Gasteiger partial charge on any atom is -0.379 e. The molecule has 0 spiro atoms. The summed E-state index contributed by atoms with van der Waals surface area (Å²) in [7, 11) is 0. The van der Waals surface area contributed by atoms with Crippen LogP contribution in [0.4, 0.5) is 5.82 Å². The molecule has 2 aromatic rings. The van der Waals surface area contributed by atoms with Gasteiger partial charge in [0.05, 0.1) is 18.9 Å². The molecule has 3 rings (SSSR count). The lowest BCUT2D eigenvalue weighted by molar-refractivity contribution is 0.0378. The van der Waals surface area contributed by atoms with Crippen molar-refractivity contribution in [2.75, 3.05) is 51.0 Å². The van der Waals surface area contributed by atoms with Crippen molar-refractivity contribution in [3.05, 3.63) is 35.4 Å². The maximum atomic E-state index is 9.74. The fraction of sp³-hybridized carbons (Fsp3) is 0.450. The first-order chi connectivity index (χ1) is 13.2. The number of hydrogen-bond acceptors (Lipinski definition) is 7. The molecule has 1 N–H and O–H groups in total. The van der Waals surface area contributed by atoms with E-state index in [1.54, 1.807) is 0 Å². The number of nitrogens with zero attached hydrogens (tertiary/aromatic N) is 4. The molecule has 0 bridgehead atoms. The van der Waals surface area contributed by atoms with E-state index < -0.39 is 0 Å². The largest absolute Gasteiger partial charge is 0.379 e. The number of benzene rings is 1. The van der Waals surface area contributed by atoms with Crippen molar-refractivity contribution in [3.63, 3.8) is 0 Å². The first-order valence-electron chi connectivity index (χ1n) is 9.18. The Balaban J connectivity index is 1.74. The third-order valence-corrected chi connectivity index (χ3v) is 5.10. The Morgan fingerprint density at radius 2 is 1.96 bits per heavy atom. The molecule has 1 saturated heterocycles. The Labute approximate surface area is 165 Å². The van der Waals surface area contributed by atoms with Crippen molar-refractivity contribution >= 4 is 17.6 Å². The highest BCUT2D eigenvalue weighted by Gasteiger charge is 2.16. The smallest absolute Gasteiger partial charge is 0.189 e. The average Bonchev–Trinajstić information content (AvgIpc) is 2.72. The third-order valence-electron chi connectivity index (χ3n) is 4.56. The van der Waals surface area contributed by atoms with E-state index in [1.165, 1.54) is 17.3 Å². The van der Waals surface area contributed by atoms with E-state index in [2.05, 4.69) is 26.3 Å². The van der Waals surface area contributed by atoms with Gasteiger partial charge in [-0.1, -0.05) is 41.6 Å². The molecule has 0 atom stereocenters. The van der Waals surface area contributed by atoms with E-state index in [0.717, 1.165) is 51.4 Å². The van der Waals surface area contributed by atoms with Crippen LogP contribution in [0.2, 0.25) is 0 Å². The fourth-order valence-electron chi connectivity index (χ4n) is 3.02. The quantitative estimate of drug-likeness (QED) is 0.447. The van der Waals surface area contributed by atoms with Crippen LogP contribution in [-0.2, 0) is 4.74 Å². The van der Waals surface area contributed by atoms with E-state index in [4.69, 9.17) is 4.74 Å². The molecule has 1 aromatic heterocycles. The first kappa shape index (κ1) is 19.6. The molecule has 142 valence electrons. The Morgan fingerprint density at radius 1 is 1.22 bits per heavy atom. The standard InChI is InChI=1S/C20H25N5OS/c1-15-4-6-16(7-5-15)18-17(14-21)19(24-20(23-18)27-2)22-8-3-9-25-10-12-26-13-11-25/h4-7H,3,8-13H2,1-2H3,(H,22,23,24). The number of aromatic nitrogens is 2. The molecule has 1 fully saturated rings. The van der Waals surface area contributed by atoms with Gasteiger partial charge in [-0.3, -0.25) is 4.90 Å². The Hall–Kier alpha value is -2.14. The Kier molecular flexibility index (Phi) is 7.04. The molecular weight excluding hydrogens is 358 g/mol. The number of thioether (sulfide) groups is 1. The van der Waals surface area contributed by atoms with Crippen LogP contribution in [0.15, 0.2) is 29.4 Å². The SMILES string of the molecule is CSc1nc(NCCCN2CCOCC2)c(C#N)c(-c2ccc(C)cc2)n1. The number of nitrogens with one attached hydrogen (secondary N) is 1. The van der Waals surface area contributed by atoms with Gasteiger partial charge >= 0.3 is 0 Å². The normalized spacial score (nSPS) is 14.7. The summed E-state index contributed by atoms with van der Waals surface area (Å²) >= 11 is 1.48. The molecule has 0 aliphatic carbocycles. The van der Waals surface area contributed by atoms with Crippen LogP contribution >= 0.6 is 11.8 Å². The predicted molar refractivity (Wildman–Crippen MR) is 109 cm³/mol. The lowest BCUT2D eigenvalue weighted by atomic mass is 10.1. The topological polar surface area (TPSA) is 74.1 Å².